The smallest absolute Gasteiger partial charge is 0.131 e. The Balaban J connectivity index is 2.29. The Hall–Kier alpha value is -2.22. The van der Waals surface area contributed by atoms with Crippen molar-refractivity contribution in [3.05, 3.63) is 72.3 Å². The van der Waals surface area contributed by atoms with Crippen molar-refractivity contribution in [2.75, 3.05) is 0 Å². The van der Waals surface area contributed by atoms with Gasteiger partial charge in [-0.25, -0.2) is 8.78 Å². The van der Waals surface area contributed by atoms with E-state index in [4.69, 9.17) is 0 Å². The molecule has 0 unspecified atom stereocenters. The van der Waals surface area contributed by atoms with Gasteiger partial charge < -0.3 is 0 Å². The predicted octanol–water partition coefficient (Wildman–Crippen LogP) is 4.79. The summed E-state index contributed by atoms with van der Waals surface area (Å²) in [6.07, 6.45) is 0. The number of halogens is 2. The van der Waals surface area contributed by atoms with Gasteiger partial charge in [0.05, 0.1) is 0 Å². The van der Waals surface area contributed by atoms with Crippen LogP contribution in [0, 0.1) is 11.6 Å². The van der Waals surface area contributed by atoms with Crippen molar-refractivity contribution in [2.45, 2.75) is 0 Å². The van der Waals surface area contributed by atoms with Crippen LogP contribution in [-0.4, -0.2) is 0 Å². The lowest BCUT2D eigenvalue weighted by molar-refractivity contribution is 0.628. The second kappa shape index (κ2) is 4.22. The fourth-order valence-corrected chi connectivity index (χ4v) is 2.15. The van der Waals surface area contributed by atoms with Gasteiger partial charge in [0.1, 0.15) is 11.6 Å². The lowest BCUT2D eigenvalue weighted by atomic mass is 9.98. The fourth-order valence-electron chi connectivity index (χ4n) is 2.15. The molecule has 0 atom stereocenters. The molecule has 0 radical (unpaired) electrons. The molecule has 0 aromatic heterocycles. The summed E-state index contributed by atoms with van der Waals surface area (Å²) in [5, 5.41) is 1.42. The van der Waals surface area contributed by atoms with Gasteiger partial charge in [0, 0.05) is 5.39 Å². The van der Waals surface area contributed by atoms with Gasteiger partial charge in [-0.15, -0.1) is 0 Å². The highest BCUT2D eigenvalue weighted by Gasteiger charge is 2.06. The molecule has 3 aromatic carbocycles. The molecule has 3 aromatic rings. The summed E-state index contributed by atoms with van der Waals surface area (Å²) in [6, 6.07) is 16.7. The SMILES string of the molecule is Fc1ccc(-c2cccc3c(F)cccc23)cc1. The third kappa shape index (κ3) is 1.76. The number of hydrogen-bond donors (Lipinski definition) is 0. The molecule has 0 aliphatic heterocycles. The van der Waals surface area contributed by atoms with Crippen molar-refractivity contribution in [1.29, 1.82) is 0 Å². The van der Waals surface area contributed by atoms with Crippen LogP contribution in [0.4, 0.5) is 8.78 Å². The van der Waals surface area contributed by atoms with E-state index in [0.29, 0.717) is 5.39 Å². The number of benzene rings is 3. The normalized spacial score (nSPS) is 10.8. The van der Waals surface area contributed by atoms with Gasteiger partial charge in [0.15, 0.2) is 0 Å². The van der Waals surface area contributed by atoms with Crippen LogP contribution in [0.15, 0.2) is 60.7 Å². The quantitative estimate of drug-likeness (QED) is 0.574. The van der Waals surface area contributed by atoms with E-state index in [1.165, 1.54) is 18.2 Å². The van der Waals surface area contributed by atoms with E-state index >= 15 is 0 Å². The molecule has 0 aliphatic carbocycles. The highest BCUT2D eigenvalue weighted by molar-refractivity contribution is 5.96. The maximum atomic E-state index is 13.7. The molecule has 0 saturated carbocycles. The Morgan fingerprint density at radius 1 is 0.611 bits per heavy atom. The van der Waals surface area contributed by atoms with Gasteiger partial charge in [-0.1, -0.05) is 42.5 Å². The number of rotatable bonds is 1. The zero-order chi connectivity index (χ0) is 12.5. The number of fused-ring (bicyclic) bond motifs is 1. The molecule has 0 heterocycles. The molecule has 0 fully saturated rings. The van der Waals surface area contributed by atoms with E-state index in [9.17, 15) is 8.78 Å². The predicted molar refractivity (Wildman–Crippen MR) is 69.3 cm³/mol. The van der Waals surface area contributed by atoms with Crippen molar-refractivity contribution >= 4 is 10.8 Å². The van der Waals surface area contributed by atoms with Gasteiger partial charge in [-0.3, -0.25) is 0 Å². The van der Waals surface area contributed by atoms with Crippen LogP contribution in [0.2, 0.25) is 0 Å². The van der Waals surface area contributed by atoms with E-state index in [-0.39, 0.29) is 11.6 Å². The van der Waals surface area contributed by atoms with Crippen LogP contribution in [0.1, 0.15) is 0 Å². The minimum Gasteiger partial charge on any atom is -0.207 e. The van der Waals surface area contributed by atoms with E-state index < -0.39 is 0 Å². The minimum absolute atomic E-state index is 0.239. The Morgan fingerprint density at radius 2 is 1.28 bits per heavy atom. The van der Waals surface area contributed by atoms with Gasteiger partial charge in [0.2, 0.25) is 0 Å². The zero-order valence-corrected chi connectivity index (χ0v) is 9.53. The average molecular weight is 240 g/mol. The molecular weight excluding hydrogens is 230 g/mol. The molecule has 0 amide bonds. The summed E-state index contributed by atoms with van der Waals surface area (Å²) in [4.78, 5) is 0. The summed E-state index contributed by atoms with van der Waals surface area (Å²) in [5.41, 5.74) is 1.79. The van der Waals surface area contributed by atoms with Crippen molar-refractivity contribution in [3.63, 3.8) is 0 Å². The summed E-state index contributed by atoms with van der Waals surface area (Å²) in [7, 11) is 0. The van der Waals surface area contributed by atoms with E-state index in [1.54, 1.807) is 24.3 Å². The second-order valence-corrected chi connectivity index (χ2v) is 4.15. The van der Waals surface area contributed by atoms with Gasteiger partial charge >= 0.3 is 0 Å². The van der Waals surface area contributed by atoms with Crippen LogP contribution in [-0.2, 0) is 0 Å². The lowest BCUT2D eigenvalue weighted by Crippen LogP contribution is -1.84. The van der Waals surface area contributed by atoms with Gasteiger partial charge in [-0.2, -0.15) is 0 Å². The van der Waals surface area contributed by atoms with E-state index in [0.717, 1.165) is 16.5 Å². The Kier molecular flexibility index (Phi) is 2.56. The highest BCUT2D eigenvalue weighted by Crippen LogP contribution is 2.29. The first-order valence-electron chi connectivity index (χ1n) is 5.69. The third-order valence-corrected chi connectivity index (χ3v) is 3.02. The molecular formula is C16H10F2. The monoisotopic (exact) mass is 240 g/mol. The van der Waals surface area contributed by atoms with Crippen LogP contribution in [0.25, 0.3) is 21.9 Å². The molecule has 0 nitrogen and oxygen atoms in total. The molecule has 0 aliphatic rings. The summed E-state index contributed by atoms with van der Waals surface area (Å²) < 4.78 is 26.6. The minimum atomic E-state index is -0.273. The maximum Gasteiger partial charge on any atom is 0.131 e. The molecule has 0 spiro atoms. The summed E-state index contributed by atoms with van der Waals surface area (Å²) >= 11 is 0. The van der Waals surface area contributed by atoms with Crippen LogP contribution < -0.4 is 0 Å². The van der Waals surface area contributed by atoms with Gasteiger partial charge in [0.25, 0.3) is 0 Å². The van der Waals surface area contributed by atoms with Crippen molar-refractivity contribution in [3.8, 4) is 11.1 Å². The molecule has 2 heteroatoms. The number of hydrogen-bond acceptors (Lipinski definition) is 0. The molecule has 88 valence electrons. The third-order valence-electron chi connectivity index (χ3n) is 3.02. The van der Waals surface area contributed by atoms with Crippen LogP contribution >= 0.6 is 0 Å². The zero-order valence-electron chi connectivity index (χ0n) is 9.53. The van der Waals surface area contributed by atoms with E-state index in [2.05, 4.69) is 0 Å². The molecule has 0 N–H and O–H groups in total. The highest BCUT2D eigenvalue weighted by atomic mass is 19.1. The van der Waals surface area contributed by atoms with Gasteiger partial charge in [-0.05, 0) is 34.7 Å². The molecule has 18 heavy (non-hydrogen) atoms. The first kappa shape index (κ1) is 10.9. The molecule has 0 saturated heterocycles. The maximum absolute atomic E-state index is 13.7. The first-order chi connectivity index (χ1) is 8.75. The van der Waals surface area contributed by atoms with Crippen molar-refractivity contribution < 1.29 is 8.78 Å². The first-order valence-corrected chi connectivity index (χ1v) is 5.69. The van der Waals surface area contributed by atoms with E-state index in [1.807, 2.05) is 18.2 Å². The molecule has 0 bridgehead atoms. The summed E-state index contributed by atoms with van der Waals surface area (Å²) in [6.45, 7) is 0. The van der Waals surface area contributed by atoms with Crippen molar-refractivity contribution in [1.82, 2.24) is 0 Å². The Morgan fingerprint density at radius 3 is 2.06 bits per heavy atom. The van der Waals surface area contributed by atoms with Crippen LogP contribution in [0.3, 0.4) is 0 Å². The molecule has 3 rings (SSSR count). The Labute approximate surface area is 104 Å². The fraction of sp³-hybridized carbons (Fsp3) is 0. The lowest BCUT2D eigenvalue weighted by Gasteiger charge is -2.07. The van der Waals surface area contributed by atoms with Crippen molar-refractivity contribution in [2.24, 2.45) is 0 Å². The Bertz CT molecular complexity index is 700. The topological polar surface area (TPSA) is 0 Å². The average Bonchev–Trinajstić information content (AvgIpc) is 2.40. The summed E-state index contributed by atoms with van der Waals surface area (Å²) in [5.74, 6) is -0.512. The standard InChI is InChI=1S/C16H10F2/c17-12-9-7-11(8-10-12)13-3-1-5-15-14(13)4-2-6-16(15)18/h1-10H. The largest absolute Gasteiger partial charge is 0.207 e. The second-order valence-electron chi connectivity index (χ2n) is 4.15. The van der Waals surface area contributed by atoms with Crippen LogP contribution in [0.5, 0.6) is 0 Å².